The molecule has 0 radical (unpaired) electrons. The van der Waals surface area contributed by atoms with Gasteiger partial charge in [-0.15, -0.1) is 0 Å². The minimum absolute atomic E-state index is 0.0681. The van der Waals surface area contributed by atoms with Gasteiger partial charge in [0.05, 0.1) is 6.61 Å². The molecular weight excluding hydrogens is 292 g/mol. The first-order chi connectivity index (χ1) is 11.2. The Morgan fingerprint density at radius 3 is 2.70 bits per heavy atom. The molecular formula is C18H24N2O3. The first-order valence-electron chi connectivity index (χ1n) is 8.50. The fourth-order valence-electron chi connectivity index (χ4n) is 3.81. The number of nitrogens with one attached hydrogen (secondary N) is 1. The number of hydrogen-bond acceptors (Lipinski definition) is 3. The van der Waals surface area contributed by atoms with Gasteiger partial charge in [0.25, 0.3) is 0 Å². The molecule has 5 heteroatoms. The molecule has 1 aliphatic heterocycles. The highest BCUT2D eigenvalue weighted by molar-refractivity contribution is 5.99. The number of carbonyl (C=O) groups excluding carboxylic acids is 2. The quantitative estimate of drug-likeness (QED) is 0.899. The van der Waals surface area contributed by atoms with E-state index in [4.69, 9.17) is 5.11 Å². The van der Waals surface area contributed by atoms with Gasteiger partial charge in [0.1, 0.15) is 6.04 Å². The molecule has 1 saturated carbocycles. The molecule has 2 N–H and O–H groups in total. The highest BCUT2D eigenvalue weighted by Gasteiger charge is 2.38. The summed E-state index contributed by atoms with van der Waals surface area (Å²) in [7, 11) is 0. The Bertz CT molecular complexity index is 581. The Morgan fingerprint density at radius 2 is 1.96 bits per heavy atom. The zero-order valence-electron chi connectivity index (χ0n) is 13.3. The molecule has 1 aliphatic carbocycles. The summed E-state index contributed by atoms with van der Waals surface area (Å²) in [5.41, 5.74) is 1.74. The molecule has 0 aromatic heterocycles. The molecule has 0 spiro atoms. The lowest BCUT2D eigenvalue weighted by Crippen LogP contribution is -2.50. The molecule has 0 bridgehead atoms. The van der Waals surface area contributed by atoms with Crippen molar-refractivity contribution >= 4 is 17.5 Å². The van der Waals surface area contributed by atoms with Gasteiger partial charge in [0.2, 0.25) is 11.8 Å². The van der Waals surface area contributed by atoms with E-state index in [1.54, 1.807) is 4.90 Å². The number of rotatable bonds is 3. The predicted molar refractivity (Wildman–Crippen MR) is 87.7 cm³/mol. The van der Waals surface area contributed by atoms with E-state index in [0.717, 1.165) is 36.9 Å². The molecule has 2 amide bonds. The fourth-order valence-corrected chi connectivity index (χ4v) is 3.81. The van der Waals surface area contributed by atoms with Crippen LogP contribution in [0, 0.1) is 5.92 Å². The number of nitrogens with zero attached hydrogens (tertiary/aromatic N) is 1. The second-order valence-electron chi connectivity index (χ2n) is 6.48. The molecule has 2 aliphatic rings. The van der Waals surface area contributed by atoms with Gasteiger partial charge >= 0.3 is 0 Å². The summed E-state index contributed by atoms with van der Waals surface area (Å²) in [4.78, 5) is 27.1. The number of anilines is 1. The summed E-state index contributed by atoms with van der Waals surface area (Å²) in [5, 5.41) is 12.1. The van der Waals surface area contributed by atoms with Crippen molar-refractivity contribution in [1.29, 1.82) is 0 Å². The minimum Gasteiger partial charge on any atom is -0.396 e. The smallest absolute Gasteiger partial charge is 0.247 e. The second-order valence-corrected chi connectivity index (χ2v) is 6.48. The third-order valence-electron chi connectivity index (χ3n) is 4.96. The van der Waals surface area contributed by atoms with E-state index >= 15 is 0 Å². The molecule has 5 nitrogen and oxygen atoms in total. The van der Waals surface area contributed by atoms with E-state index in [1.165, 1.54) is 6.42 Å². The van der Waals surface area contributed by atoms with Crippen LogP contribution in [0.1, 0.15) is 44.1 Å². The number of hydrogen-bond donors (Lipinski definition) is 2. The van der Waals surface area contributed by atoms with Crippen molar-refractivity contribution in [2.24, 2.45) is 5.92 Å². The van der Waals surface area contributed by atoms with E-state index < -0.39 is 6.04 Å². The first kappa shape index (κ1) is 16.0. The van der Waals surface area contributed by atoms with Crippen LogP contribution in [0.15, 0.2) is 24.3 Å². The Hall–Kier alpha value is -1.88. The molecule has 23 heavy (non-hydrogen) atoms. The molecule has 0 saturated heterocycles. The number of fused-ring (bicyclic) bond motifs is 1. The van der Waals surface area contributed by atoms with Crippen molar-refractivity contribution in [2.75, 3.05) is 11.9 Å². The largest absolute Gasteiger partial charge is 0.396 e. The highest BCUT2D eigenvalue weighted by atomic mass is 16.3. The number of carbonyl (C=O) groups is 2. The Balaban J connectivity index is 1.93. The summed E-state index contributed by atoms with van der Waals surface area (Å²) in [6.07, 6.45) is 5.47. The maximum atomic E-state index is 12.8. The van der Waals surface area contributed by atoms with Crippen LogP contribution in [-0.4, -0.2) is 34.5 Å². The second kappa shape index (κ2) is 7.13. The van der Waals surface area contributed by atoms with Crippen LogP contribution >= 0.6 is 0 Å². The van der Waals surface area contributed by atoms with Crippen LogP contribution in [0.2, 0.25) is 0 Å². The van der Waals surface area contributed by atoms with Crippen molar-refractivity contribution in [3.63, 3.8) is 0 Å². The van der Waals surface area contributed by atoms with Gasteiger partial charge in [-0.1, -0.05) is 37.5 Å². The molecule has 1 aromatic rings. The summed E-state index contributed by atoms with van der Waals surface area (Å²) < 4.78 is 0. The predicted octanol–water partition coefficient (Wildman–Crippen LogP) is 2.30. The van der Waals surface area contributed by atoms with Crippen molar-refractivity contribution in [1.82, 2.24) is 4.90 Å². The van der Waals surface area contributed by atoms with E-state index in [0.29, 0.717) is 6.54 Å². The first-order valence-corrected chi connectivity index (χ1v) is 8.50. The summed E-state index contributed by atoms with van der Waals surface area (Å²) in [5.74, 6) is -0.0243. The van der Waals surface area contributed by atoms with Crippen molar-refractivity contribution < 1.29 is 14.7 Å². The average molecular weight is 316 g/mol. The van der Waals surface area contributed by atoms with Crippen molar-refractivity contribution in [2.45, 2.75) is 51.1 Å². The Kier molecular flexibility index (Phi) is 4.96. The molecule has 3 rings (SSSR count). The molecule has 1 aromatic carbocycles. The topological polar surface area (TPSA) is 69.6 Å². The number of benzene rings is 1. The van der Waals surface area contributed by atoms with Crippen LogP contribution in [0.25, 0.3) is 0 Å². The van der Waals surface area contributed by atoms with Crippen LogP contribution in [0.5, 0.6) is 0 Å². The van der Waals surface area contributed by atoms with Crippen LogP contribution in [-0.2, 0) is 16.1 Å². The third-order valence-corrected chi connectivity index (χ3v) is 4.96. The van der Waals surface area contributed by atoms with Gasteiger partial charge in [-0.2, -0.15) is 0 Å². The SMILES string of the molecule is O=C1Nc2ccccc2CN(C(=O)CCO)[C@H]1C1CCCCC1. The van der Waals surface area contributed by atoms with Gasteiger partial charge in [0, 0.05) is 18.7 Å². The number of para-hydroxylation sites is 1. The third kappa shape index (κ3) is 3.39. The van der Waals surface area contributed by atoms with Crippen LogP contribution in [0.4, 0.5) is 5.69 Å². The molecule has 1 fully saturated rings. The van der Waals surface area contributed by atoms with Gasteiger partial charge in [-0.25, -0.2) is 0 Å². The van der Waals surface area contributed by atoms with E-state index in [9.17, 15) is 9.59 Å². The maximum Gasteiger partial charge on any atom is 0.247 e. The van der Waals surface area contributed by atoms with Crippen LogP contribution < -0.4 is 5.32 Å². The van der Waals surface area contributed by atoms with E-state index in [-0.39, 0.29) is 30.8 Å². The maximum absolute atomic E-state index is 12.8. The molecule has 1 atom stereocenters. The summed E-state index contributed by atoms with van der Waals surface area (Å²) in [6.45, 7) is 0.241. The minimum atomic E-state index is -0.429. The Labute approximate surface area is 136 Å². The molecule has 124 valence electrons. The highest BCUT2D eigenvalue weighted by Crippen LogP contribution is 2.33. The normalized spacial score (nSPS) is 22.2. The molecule has 0 unspecified atom stereocenters. The lowest BCUT2D eigenvalue weighted by atomic mass is 9.82. The van der Waals surface area contributed by atoms with E-state index in [2.05, 4.69) is 5.32 Å². The van der Waals surface area contributed by atoms with Gasteiger partial charge in [0.15, 0.2) is 0 Å². The molecule has 1 heterocycles. The lowest BCUT2D eigenvalue weighted by molar-refractivity contribution is -0.142. The Morgan fingerprint density at radius 1 is 1.22 bits per heavy atom. The van der Waals surface area contributed by atoms with Crippen LogP contribution in [0.3, 0.4) is 0 Å². The summed E-state index contributed by atoms with van der Waals surface area (Å²) >= 11 is 0. The van der Waals surface area contributed by atoms with Gasteiger partial charge < -0.3 is 15.3 Å². The van der Waals surface area contributed by atoms with Gasteiger partial charge in [-0.3, -0.25) is 9.59 Å². The van der Waals surface area contributed by atoms with Crippen molar-refractivity contribution in [3.05, 3.63) is 29.8 Å². The zero-order chi connectivity index (χ0) is 16.2. The summed E-state index contributed by atoms with van der Waals surface area (Å²) in [6, 6.07) is 7.20. The number of aliphatic hydroxyl groups is 1. The average Bonchev–Trinajstić information content (AvgIpc) is 2.71. The number of aliphatic hydroxyl groups excluding tert-OH is 1. The lowest BCUT2D eigenvalue weighted by Gasteiger charge is -2.36. The van der Waals surface area contributed by atoms with Crippen molar-refractivity contribution in [3.8, 4) is 0 Å². The fraction of sp³-hybridized carbons (Fsp3) is 0.556. The standard InChI is InChI=1S/C18H24N2O3/c21-11-10-16(22)20-12-14-8-4-5-9-15(14)19-18(23)17(20)13-6-2-1-3-7-13/h4-5,8-9,13,17,21H,1-3,6-7,10-12H2,(H,19,23)/t17-/m0/s1. The number of amides is 2. The monoisotopic (exact) mass is 316 g/mol. The van der Waals surface area contributed by atoms with E-state index in [1.807, 2.05) is 24.3 Å². The zero-order valence-corrected chi connectivity index (χ0v) is 13.3. The van der Waals surface area contributed by atoms with Gasteiger partial charge in [-0.05, 0) is 30.4 Å².